The molecule has 1 heterocycles. The van der Waals surface area contributed by atoms with E-state index in [-0.39, 0.29) is 41.8 Å². The fourth-order valence-corrected chi connectivity index (χ4v) is 5.33. The molecule has 0 saturated heterocycles. The fraction of sp³-hybridized carbons (Fsp3) is 0.500. The molecule has 0 radical (unpaired) electrons. The van der Waals surface area contributed by atoms with Crippen LogP contribution in [0, 0.1) is 17.7 Å². The number of likely N-dealkylation sites (N-methyl/N-ethyl adjacent to an activating group) is 1. The van der Waals surface area contributed by atoms with Crippen molar-refractivity contribution < 1.29 is 23.5 Å². The van der Waals surface area contributed by atoms with Crippen LogP contribution in [0.2, 0.25) is 0 Å². The molecule has 2 fully saturated rings. The molecule has 2 aromatic carbocycles. The number of hydrogen-bond acceptors (Lipinski definition) is 5. The molecule has 8 nitrogen and oxygen atoms in total. The summed E-state index contributed by atoms with van der Waals surface area (Å²) < 4.78 is 19.6. The summed E-state index contributed by atoms with van der Waals surface area (Å²) in [5, 5.41) is 9.24. The molecular weight excluding hydrogens is 499 g/mol. The number of benzene rings is 2. The zero-order valence-corrected chi connectivity index (χ0v) is 22.5. The molecule has 0 aromatic heterocycles. The molecule has 0 unspecified atom stereocenters. The third kappa shape index (κ3) is 6.58. The normalized spacial score (nSPS) is 28.6. The Labute approximate surface area is 228 Å². The zero-order valence-electron chi connectivity index (χ0n) is 22.5. The van der Waals surface area contributed by atoms with Crippen LogP contribution in [-0.4, -0.2) is 67.5 Å². The molecule has 3 N–H and O–H groups in total. The van der Waals surface area contributed by atoms with Crippen LogP contribution in [0.4, 0.5) is 4.39 Å². The van der Waals surface area contributed by atoms with Gasteiger partial charge in [-0.3, -0.25) is 14.4 Å². The summed E-state index contributed by atoms with van der Waals surface area (Å²) in [6.07, 6.45) is 3.07. The van der Waals surface area contributed by atoms with E-state index in [9.17, 15) is 18.8 Å². The maximum atomic E-state index is 13.5. The summed E-state index contributed by atoms with van der Waals surface area (Å²) in [5.74, 6) is 0.398. The number of fused-ring (bicyclic) bond motifs is 3. The molecule has 2 aliphatic carbocycles. The van der Waals surface area contributed by atoms with Gasteiger partial charge in [-0.05, 0) is 73.3 Å². The van der Waals surface area contributed by atoms with Crippen LogP contribution in [0.1, 0.15) is 43.2 Å². The number of ether oxygens (including phenoxy) is 1. The number of nitrogens with one attached hydrogen (secondary N) is 3. The Morgan fingerprint density at radius 1 is 1.00 bits per heavy atom. The van der Waals surface area contributed by atoms with Gasteiger partial charge in [0.2, 0.25) is 17.7 Å². The van der Waals surface area contributed by atoms with E-state index in [1.807, 2.05) is 18.2 Å². The lowest BCUT2D eigenvalue weighted by Gasteiger charge is -2.30. The SMILES string of the molecule is C[C@@H]1C(=O)N[C@H](Cc2ccc(F)cc2)C(=O)NC[C@H]2C[C@@H]2c2ccccc2OCCN[C@@H](C2CC2)C(=O)N1C. The molecule has 0 spiro atoms. The molecule has 3 aliphatic rings. The number of amides is 3. The minimum Gasteiger partial charge on any atom is -0.492 e. The zero-order chi connectivity index (χ0) is 27.5. The highest BCUT2D eigenvalue weighted by atomic mass is 19.1. The molecule has 1 aliphatic heterocycles. The van der Waals surface area contributed by atoms with E-state index < -0.39 is 24.0 Å². The number of carbonyl (C=O) groups is 3. The average molecular weight is 537 g/mol. The van der Waals surface area contributed by atoms with Crippen molar-refractivity contribution in [3.8, 4) is 5.75 Å². The lowest BCUT2D eigenvalue weighted by atomic mass is 10.0. The van der Waals surface area contributed by atoms with Crippen molar-refractivity contribution >= 4 is 17.7 Å². The van der Waals surface area contributed by atoms with Crippen LogP contribution in [0.5, 0.6) is 5.75 Å². The first-order chi connectivity index (χ1) is 18.8. The molecular formula is C30H37FN4O4. The molecule has 208 valence electrons. The van der Waals surface area contributed by atoms with Gasteiger partial charge in [0, 0.05) is 26.6 Å². The molecule has 3 amide bonds. The third-order valence-corrected chi connectivity index (χ3v) is 8.16. The number of hydrogen-bond donors (Lipinski definition) is 3. The predicted octanol–water partition coefficient (Wildman–Crippen LogP) is 2.38. The van der Waals surface area contributed by atoms with Gasteiger partial charge in [0.25, 0.3) is 0 Å². The summed E-state index contributed by atoms with van der Waals surface area (Å²) in [5.41, 5.74) is 1.85. The fourth-order valence-electron chi connectivity index (χ4n) is 5.33. The van der Waals surface area contributed by atoms with Gasteiger partial charge in [0.15, 0.2) is 0 Å². The summed E-state index contributed by atoms with van der Waals surface area (Å²) in [6, 6.07) is 11.8. The summed E-state index contributed by atoms with van der Waals surface area (Å²) in [6.45, 7) is 3.08. The van der Waals surface area contributed by atoms with Crippen molar-refractivity contribution in [1.29, 1.82) is 0 Å². The number of nitrogens with zero attached hydrogens (tertiary/aromatic N) is 1. The Hall–Kier alpha value is -3.46. The Bertz CT molecular complexity index is 1200. The highest BCUT2D eigenvalue weighted by Gasteiger charge is 2.41. The van der Waals surface area contributed by atoms with Crippen molar-refractivity contribution in [3.63, 3.8) is 0 Å². The van der Waals surface area contributed by atoms with Crippen LogP contribution in [0.15, 0.2) is 48.5 Å². The lowest BCUT2D eigenvalue weighted by molar-refractivity contribution is -0.141. The molecule has 5 rings (SSSR count). The Balaban J connectivity index is 1.37. The minimum atomic E-state index is -0.863. The molecule has 2 saturated carbocycles. The maximum Gasteiger partial charge on any atom is 0.243 e. The minimum absolute atomic E-state index is 0.151. The van der Waals surface area contributed by atoms with Crippen LogP contribution >= 0.6 is 0 Å². The van der Waals surface area contributed by atoms with Crippen LogP contribution in [0.25, 0.3) is 0 Å². The van der Waals surface area contributed by atoms with Crippen LogP contribution in [-0.2, 0) is 20.8 Å². The van der Waals surface area contributed by atoms with E-state index in [0.717, 1.165) is 36.1 Å². The first-order valence-electron chi connectivity index (χ1n) is 13.9. The number of carbonyl (C=O) groups excluding carboxylic acids is 3. The first-order valence-corrected chi connectivity index (χ1v) is 13.9. The first kappa shape index (κ1) is 27.1. The van der Waals surface area contributed by atoms with Crippen LogP contribution < -0.4 is 20.7 Å². The largest absolute Gasteiger partial charge is 0.492 e. The Morgan fingerprint density at radius 3 is 2.49 bits per heavy atom. The standard InChI is InChI=1S/C30H37FN4O4/c1-18-28(36)34-25(15-19-7-11-22(31)12-8-19)29(37)33-17-21-16-24(21)23-5-3-4-6-26(23)39-14-13-32-27(20-9-10-20)30(38)35(18)2/h3-8,11-12,18,20-21,24-25,27,32H,9-10,13-17H2,1-2H3,(H,33,37)(H,34,36)/t18-,21-,24+,25-,27+/m1/s1. The van der Waals surface area contributed by atoms with Crippen LogP contribution in [0.3, 0.4) is 0 Å². The second-order valence-electron chi connectivity index (χ2n) is 11.0. The Kier molecular flexibility index (Phi) is 8.16. The van der Waals surface area contributed by atoms with Gasteiger partial charge in [-0.2, -0.15) is 0 Å². The molecule has 39 heavy (non-hydrogen) atoms. The maximum absolute atomic E-state index is 13.5. The van der Waals surface area contributed by atoms with Gasteiger partial charge in [-0.25, -0.2) is 4.39 Å². The predicted molar refractivity (Wildman–Crippen MR) is 145 cm³/mol. The highest BCUT2D eigenvalue weighted by molar-refractivity contribution is 5.93. The average Bonchev–Trinajstić information content (AvgIpc) is 3.87. The van der Waals surface area contributed by atoms with E-state index in [2.05, 4.69) is 22.0 Å². The van der Waals surface area contributed by atoms with E-state index in [1.54, 1.807) is 26.1 Å². The molecule has 0 bridgehead atoms. The summed E-state index contributed by atoms with van der Waals surface area (Å²) in [7, 11) is 1.62. The van der Waals surface area contributed by atoms with E-state index >= 15 is 0 Å². The van der Waals surface area contributed by atoms with Gasteiger partial charge >= 0.3 is 0 Å². The second-order valence-corrected chi connectivity index (χ2v) is 11.0. The van der Waals surface area contributed by atoms with Crippen molar-refractivity contribution in [2.45, 2.75) is 56.7 Å². The van der Waals surface area contributed by atoms with Crippen molar-refractivity contribution in [2.75, 3.05) is 26.7 Å². The van der Waals surface area contributed by atoms with E-state index in [0.29, 0.717) is 19.7 Å². The second kappa shape index (κ2) is 11.7. The van der Waals surface area contributed by atoms with Crippen molar-refractivity contribution in [3.05, 3.63) is 65.5 Å². The number of rotatable bonds is 3. The smallest absolute Gasteiger partial charge is 0.243 e. The number of para-hydroxylation sites is 1. The van der Waals surface area contributed by atoms with Crippen molar-refractivity contribution in [1.82, 2.24) is 20.9 Å². The van der Waals surface area contributed by atoms with E-state index in [1.165, 1.54) is 17.0 Å². The summed E-state index contributed by atoms with van der Waals surface area (Å²) in [4.78, 5) is 41.5. The van der Waals surface area contributed by atoms with E-state index in [4.69, 9.17) is 4.74 Å². The highest BCUT2D eigenvalue weighted by Crippen LogP contribution is 2.50. The Morgan fingerprint density at radius 2 is 1.74 bits per heavy atom. The van der Waals surface area contributed by atoms with Gasteiger partial charge in [0.05, 0.1) is 6.04 Å². The molecule has 2 aromatic rings. The summed E-state index contributed by atoms with van der Waals surface area (Å²) >= 11 is 0. The molecule has 5 atom stereocenters. The lowest BCUT2D eigenvalue weighted by Crippen LogP contribution is -2.56. The third-order valence-electron chi connectivity index (χ3n) is 8.16. The molecule has 9 heteroatoms. The topological polar surface area (TPSA) is 99.8 Å². The van der Waals surface area contributed by atoms with Gasteiger partial charge in [-0.1, -0.05) is 30.3 Å². The monoisotopic (exact) mass is 536 g/mol. The van der Waals surface area contributed by atoms with Gasteiger partial charge in [0.1, 0.15) is 30.3 Å². The number of halogens is 1. The van der Waals surface area contributed by atoms with Crippen molar-refractivity contribution in [2.24, 2.45) is 11.8 Å². The van der Waals surface area contributed by atoms with Gasteiger partial charge in [-0.15, -0.1) is 0 Å². The quantitative estimate of drug-likeness (QED) is 0.560. The van der Waals surface area contributed by atoms with Gasteiger partial charge < -0.3 is 25.6 Å².